The van der Waals surface area contributed by atoms with Gasteiger partial charge < -0.3 is 20.4 Å². The van der Waals surface area contributed by atoms with Crippen molar-refractivity contribution in [1.29, 1.82) is 0 Å². The molecule has 2 heterocycles. The molecule has 8 nitrogen and oxygen atoms in total. The van der Waals surface area contributed by atoms with Gasteiger partial charge in [0.1, 0.15) is 17.9 Å². The maximum atomic E-state index is 12.6. The van der Waals surface area contributed by atoms with Crippen LogP contribution in [-0.2, 0) is 13.2 Å². The van der Waals surface area contributed by atoms with Gasteiger partial charge in [0.25, 0.3) is 5.91 Å². The van der Waals surface area contributed by atoms with Crippen molar-refractivity contribution >= 4 is 51.7 Å². The Hall–Kier alpha value is -4.53. The van der Waals surface area contributed by atoms with Crippen molar-refractivity contribution in [1.82, 2.24) is 14.9 Å². The molecular formula is C32H29Cl2N5O3. The maximum absolute atomic E-state index is 12.6. The first-order valence-electron chi connectivity index (χ1n) is 13.2. The highest BCUT2D eigenvalue weighted by molar-refractivity contribution is 6.37. The molecule has 0 aliphatic rings. The van der Waals surface area contributed by atoms with E-state index in [1.807, 2.05) is 49.4 Å². The van der Waals surface area contributed by atoms with Crippen LogP contribution in [0.4, 0.5) is 10.5 Å². The lowest BCUT2D eigenvalue weighted by molar-refractivity contribution is 0.0827. The molecule has 214 valence electrons. The van der Waals surface area contributed by atoms with Crippen LogP contribution in [0.25, 0.3) is 22.0 Å². The van der Waals surface area contributed by atoms with E-state index in [1.54, 1.807) is 50.6 Å². The summed E-state index contributed by atoms with van der Waals surface area (Å²) in [6.07, 6.45) is 1.76. The molecule has 5 rings (SSSR count). The van der Waals surface area contributed by atoms with Gasteiger partial charge in [-0.3, -0.25) is 9.69 Å². The molecule has 0 atom stereocenters. The Balaban J connectivity index is 1.44. The van der Waals surface area contributed by atoms with Gasteiger partial charge in [0, 0.05) is 70.0 Å². The third-order valence-electron chi connectivity index (χ3n) is 6.90. The summed E-state index contributed by atoms with van der Waals surface area (Å²) >= 11 is 13.5. The third kappa shape index (κ3) is 5.91. The molecule has 0 saturated carbocycles. The number of hydrogen-bond acceptors (Lipinski definition) is 4. The van der Waals surface area contributed by atoms with Crippen molar-refractivity contribution < 1.29 is 14.3 Å². The van der Waals surface area contributed by atoms with E-state index in [4.69, 9.17) is 33.7 Å². The van der Waals surface area contributed by atoms with Gasteiger partial charge in [-0.2, -0.15) is 0 Å². The Morgan fingerprint density at radius 1 is 0.976 bits per heavy atom. The summed E-state index contributed by atoms with van der Waals surface area (Å²) in [5.41, 5.74) is 11.2. The Morgan fingerprint density at radius 3 is 2.52 bits per heavy atom. The Kier molecular flexibility index (Phi) is 8.38. The third-order valence-corrected chi connectivity index (χ3v) is 7.68. The number of aryl methyl sites for hydroxylation is 1. The minimum Gasteiger partial charge on any atom is -0.487 e. The average Bonchev–Trinajstić information content (AvgIpc) is 3.43. The quantitative estimate of drug-likeness (QED) is 0.196. The van der Waals surface area contributed by atoms with E-state index in [9.17, 15) is 9.59 Å². The van der Waals surface area contributed by atoms with E-state index in [2.05, 4.69) is 9.97 Å². The highest BCUT2D eigenvalue weighted by atomic mass is 35.5. The molecule has 3 amide bonds. The number of anilines is 1. The number of carbonyl (C=O) groups is 2. The lowest BCUT2D eigenvalue weighted by atomic mass is 10.0. The molecule has 5 aromatic rings. The lowest BCUT2D eigenvalue weighted by Crippen LogP contribution is -2.35. The second-order valence-corrected chi connectivity index (χ2v) is 10.8. The number of aromatic nitrogens is 2. The number of aromatic amines is 1. The molecule has 3 N–H and O–H groups in total. The van der Waals surface area contributed by atoms with Crippen LogP contribution in [0.1, 0.15) is 27.3 Å². The van der Waals surface area contributed by atoms with Gasteiger partial charge in [0.15, 0.2) is 0 Å². The molecule has 0 aliphatic carbocycles. The number of nitrogens with one attached hydrogen (secondary N) is 1. The number of H-pyrrole nitrogens is 1. The number of benzene rings is 3. The fourth-order valence-electron chi connectivity index (χ4n) is 4.73. The van der Waals surface area contributed by atoms with E-state index in [0.717, 1.165) is 22.2 Å². The molecule has 42 heavy (non-hydrogen) atoms. The van der Waals surface area contributed by atoms with Gasteiger partial charge in [0.2, 0.25) is 0 Å². The number of rotatable bonds is 8. The van der Waals surface area contributed by atoms with Crippen LogP contribution in [0.3, 0.4) is 0 Å². The molecule has 0 aliphatic heterocycles. The molecule has 2 aromatic heterocycles. The fourth-order valence-corrected chi connectivity index (χ4v) is 5.31. The number of urea groups is 1. The Bertz CT molecular complexity index is 1800. The van der Waals surface area contributed by atoms with E-state index in [1.165, 1.54) is 9.80 Å². The number of nitrogens with zero attached hydrogens (tertiary/aromatic N) is 3. The molecular weight excluding hydrogens is 573 g/mol. The van der Waals surface area contributed by atoms with E-state index >= 15 is 0 Å². The smallest absolute Gasteiger partial charge is 0.319 e. The van der Waals surface area contributed by atoms with Crippen LogP contribution in [-0.4, -0.2) is 40.9 Å². The highest BCUT2D eigenvalue weighted by Crippen LogP contribution is 2.38. The van der Waals surface area contributed by atoms with Crippen LogP contribution in [0.5, 0.6) is 5.75 Å². The van der Waals surface area contributed by atoms with Crippen LogP contribution >= 0.6 is 23.2 Å². The Labute approximate surface area is 253 Å². The zero-order chi connectivity index (χ0) is 30.0. The molecule has 0 radical (unpaired) electrons. The number of primary amides is 1. The zero-order valence-corrected chi connectivity index (χ0v) is 24.8. The molecule has 0 fully saturated rings. The minimum atomic E-state index is -0.666. The predicted molar refractivity (Wildman–Crippen MR) is 167 cm³/mol. The van der Waals surface area contributed by atoms with E-state index in [-0.39, 0.29) is 19.1 Å². The highest BCUT2D eigenvalue weighted by Gasteiger charge is 2.21. The summed E-state index contributed by atoms with van der Waals surface area (Å²) in [5, 5.41) is 1.86. The topological polar surface area (TPSA) is 105 Å². The van der Waals surface area contributed by atoms with Gasteiger partial charge in [0.05, 0.1) is 11.6 Å². The summed E-state index contributed by atoms with van der Waals surface area (Å²) in [5.74, 6) is 0.446. The number of halogens is 2. The normalized spacial score (nSPS) is 11.0. The SMILES string of the molecule is Cc1ccc2cccc(OCc3c(Cl)ccc(-c4cc[nH]c4CN(C(N)=O)c4cccc(C(=O)N(C)C)c4)c3Cl)c2n1. The first-order chi connectivity index (χ1) is 20.1. The molecule has 0 spiro atoms. The van der Waals surface area contributed by atoms with E-state index < -0.39 is 6.03 Å². The second-order valence-electron chi connectivity index (χ2n) is 10.0. The minimum absolute atomic E-state index is 0.114. The van der Waals surface area contributed by atoms with E-state index in [0.29, 0.717) is 43.9 Å². The van der Waals surface area contributed by atoms with Crippen LogP contribution in [0.15, 0.2) is 79.0 Å². The summed E-state index contributed by atoms with van der Waals surface area (Å²) in [4.78, 5) is 35.8. The number of fused-ring (bicyclic) bond motifs is 1. The molecule has 0 unspecified atom stereocenters. The second kappa shape index (κ2) is 12.1. The number of para-hydroxylation sites is 1. The van der Waals surface area contributed by atoms with Crippen molar-refractivity contribution in [2.75, 3.05) is 19.0 Å². The summed E-state index contributed by atoms with van der Waals surface area (Å²) in [7, 11) is 3.34. The summed E-state index contributed by atoms with van der Waals surface area (Å²) < 4.78 is 6.19. The number of nitrogens with two attached hydrogens (primary N) is 1. The first-order valence-corrected chi connectivity index (χ1v) is 13.9. The maximum Gasteiger partial charge on any atom is 0.319 e. The van der Waals surface area contributed by atoms with Crippen molar-refractivity contribution in [3.05, 3.63) is 112 Å². The molecule has 3 aromatic carbocycles. The fraction of sp³-hybridized carbons (Fsp3) is 0.156. The Morgan fingerprint density at radius 2 is 1.76 bits per heavy atom. The zero-order valence-electron chi connectivity index (χ0n) is 23.3. The van der Waals surface area contributed by atoms with Crippen molar-refractivity contribution in [2.24, 2.45) is 5.73 Å². The van der Waals surface area contributed by atoms with Crippen LogP contribution in [0.2, 0.25) is 10.0 Å². The van der Waals surface area contributed by atoms with Gasteiger partial charge in [-0.15, -0.1) is 0 Å². The number of pyridine rings is 1. The standard InChI is InChI=1S/C32H29Cl2N5O3/c1-19-10-11-20-6-5-9-28(30(20)37-19)42-18-25-26(33)13-12-24(29(25)34)23-14-15-36-27(23)17-39(32(35)41)22-8-4-7-21(16-22)31(40)38(2)3/h4-16,36H,17-18H2,1-3H3,(H2,35,41). The molecule has 10 heteroatoms. The van der Waals surface area contributed by atoms with Gasteiger partial charge in [-0.25, -0.2) is 9.78 Å². The van der Waals surface area contributed by atoms with Gasteiger partial charge in [-0.05, 0) is 49.4 Å². The molecule has 0 bridgehead atoms. The lowest BCUT2D eigenvalue weighted by Gasteiger charge is -2.22. The van der Waals surface area contributed by atoms with Gasteiger partial charge >= 0.3 is 6.03 Å². The van der Waals surface area contributed by atoms with Crippen molar-refractivity contribution in [3.63, 3.8) is 0 Å². The number of carbonyl (C=O) groups excluding carboxylic acids is 2. The van der Waals surface area contributed by atoms with Crippen LogP contribution in [0, 0.1) is 6.92 Å². The number of hydrogen-bond donors (Lipinski definition) is 2. The predicted octanol–water partition coefficient (Wildman–Crippen LogP) is 7.21. The molecule has 0 saturated heterocycles. The summed E-state index contributed by atoms with van der Waals surface area (Å²) in [6, 6.07) is 21.3. The average molecular weight is 603 g/mol. The largest absolute Gasteiger partial charge is 0.487 e. The summed E-state index contributed by atoms with van der Waals surface area (Å²) in [6.45, 7) is 2.17. The van der Waals surface area contributed by atoms with Gasteiger partial charge in [-0.1, -0.05) is 53.5 Å². The monoisotopic (exact) mass is 601 g/mol. The van der Waals surface area contributed by atoms with Crippen molar-refractivity contribution in [3.8, 4) is 16.9 Å². The number of ether oxygens (including phenoxy) is 1. The first kappa shape index (κ1) is 29.0. The van der Waals surface area contributed by atoms with Crippen LogP contribution < -0.4 is 15.4 Å². The number of amides is 3. The van der Waals surface area contributed by atoms with Crippen molar-refractivity contribution in [2.45, 2.75) is 20.1 Å².